The molecule has 0 aliphatic heterocycles. The summed E-state index contributed by atoms with van der Waals surface area (Å²) < 4.78 is 15.6. The van der Waals surface area contributed by atoms with Crippen molar-refractivity contribution in [3.8, 4) is 5.75 Å². The van der Waals surface area contributed by atoms with E-state index in [2.05, 4.69) is 0 Å². The lowest BCUT2D eigenvalue weighted by molar-refractivity contribution is -0.131. The molecule has 0 amide bonds. The molecule has 0 atom stereocenters. The standard InChI is InChI=1S/C15H20O5/c1-18-8-3-9-20-11-12-4-6-14(19-2)13(10-12)5-7-15(16)17/h4-7,10H,3,8-9,11H2,1-2H3,(H,16,17). The Morgan fingerprint density at radius 2 is 2.10 bits per heavy atom. The van der Waals surface area contributed by atoms with Crippen LogP contribution in [0.5, 0.6) is 5.75 Å². The van der Waals surface area contributed by atoms with Crippen LogP contribution in [0.2, 0.25) is 0 Å². The number of hydrogen-bond acceptors (Lipinski definition) is 4. The summed E-state index contributed by atoms with van der Waals surface area (Å²) in [6, 6.07) is 5.55. The van der Waals surface area contributed by atoms with Crippen molar-refractivity contribution in [1.82, 2.24) is 0 Å². The quantitative estimate of drug-likeness (QED) is 0.555. The molecule has 110 valence electrons. The van der Waals surface area contributed by atoms with Crippen molar-refractivity contribution in [3.63, 3.8) is 0 Å². The highest BCUT2D eigenvalue weighted by Crippen LogP contribution is 2.21. The molecule has 1 aromatic carbocycles. The number of carboxylic acid groups (broad SMARTS) is 1. The molecule has 0 unspecified atom stereocenters. The number of methoxy groups -OCH3 is 2. The van der Waals surface area contributed by atoms with Crippen LogP contribution >= 0.6 is 0 Å². The zero-order valence-corrected chi connectivity index (χ0v) is 11.8. The van der Waals surface area contributed by atoms with E-state index in [1.165, 1.54) is 6.08 Å². The van der Waals surface area contributed by atoms with Gasteiger partial charge in [-0.1, -0.05) is 6.07 Å². The van der Waals surface area contributed by atoms with Gasteiger partial charge in [-0.15, -0.1) is 0 Å². The van der Waals surface area contributed by atoms with Gasteiger partial charge in [-0.3, -0.25) is 0 Å². The monoisotopic (exact) mass is 280 g/mol. The second-order valence-corrected chi connectivity index (χ2v) is 4.15. The van der Waals surface area contributed by atoms with Gasteiger partial charge in [0.05, 0.1) is 13.7 Å². The first-order valence-electron chi connectivity index (χ1n) is 6.32. The zero-order valence-electron chi connectivity index (χ0n) is 11.8. The Labute approximate surface area is 118 Å². The van der Waals surface area contributed by atoms with Gasteiger partial charge in [0, 0.05) is 32.0 Å². The van der Waals surface area contributed by atoms with Gasteiger partial charge in [-0.2, -0.15) is 0 Å². The Balaban J connectivity index is 2.64. The molecule has 0 heterocycles. The fourth-order valence-electron chi connectivity index (χ4n) is 1.66. The number of hydrogen-bond donors (Lipinski definition) is 1. The second kappa shape index (κ2) is 9.12. The van der Waals surface area contributed by atoms with Crippen molar-refractivity contribution in [2.45, 2.75) is 13.0 Å². The maximum atomic E-state index is 10.6. The van der Waals surface area contributed by atoms with E-state index in [4.69, 9.17) is 19.3 Å². The second-order valence-electron chi connectivity index (χ2n) is 4.15. The summed E-state index contributed by atoms with van der Waals surface area (Å²) >= 11 is 0. The van der Waals surface area contributed by atoms with Gasteiger partial charge in [0.1, 0.15) is 5.75 Å². The summed E-state index contributed by atoms with van der Waals surface area (Å²) in [5, 5.41) is 8.67. The molecule has 0 radical (unpaired) electrons. The molecule has 0 aromatic heterocycles. The first kappa shape index (κ1) is 16.2. The Bertz CT molecular complexity index is 454. The van der Waals surface area contributed by atoms with Crippen LogP contribution in [0.4, 0.5) is 0 Å². The molecule has 0 aliphatic carbocycles. The van der Waals surface area contributed by atoms with E-state index < -0.39 is 5.97 Å². The van der Waals surface area contributed by atoms with Crippen LogP contribution < -0.4 is 4.74 Å². The third-order valence-corrected chi connectivity index (χ3v) is 2.61. The normalized spacial score (nSPS) is 10.9. The molecular formula is C15H20O5. The van der Waals surface area contributed by atoms with Crippen molar-refractivity contribution in [2.75, 3.05) is 27.4 Å². The lowest BCUT2D eigenvalue weighted by Crippen LogP contribution is -2.00. The van der Waals surface area contributed by atoms with Gasteiger partial charge in [-0.05, 0) is 30.2 Å². The predicted molar refractivity (Wildman–Crippen MR) is 75.8 cm³/mol. The van der Waals surface area contributed by atoms with E-state index in [0.29, 0.717) is 31.1 Å². The van der Waals surface area contributed by atoms with Crippen LogP contribution in [0.25, 0.3) is 6.08 Å². The summed E-state index contributed by atoms with van der Waals surface area (Å²) in [6.07, 6.45) is 3.44. The Hall–Kier alpha value is -1.85. The molecule has 5 heteroatoms. The number of carboxylic acids is 1. The van der Waals surface area contributed by atoms with Crippen LogP contribution in [0.1, 0.15) is 17.5 Å². The first-order chi connectivity index (χ1) is 9.67. The van der Waals surface area contributed by atoms with E-state index in [1.807, 2.05) is 12.1 Å². The Kier molecular flexibility index (Phi) is 7.39. The number of aliphatic carboxylic acids is 1. The van der Waals surface area contributed by atoms with Crippen molar-refractivity contribution in [3.05, 3.63) is 35.4 Å². The van der Waals surface area contributed by atoms with Gasteiger partial charge in [-0.25, -0.2) is 4.79 Å². The van der Waals surface area contributed by atoms with Crippen LogP contribution in [0.3, 0.4) is 0 Å². The molecule has 1 rings (SSSR count). The fourth-order valence-corrected chi connectivity index (χ4v) is 1.66. The summed E-state index contributed by atoms with van der Waals surface area (Å²) in [5.74, 6) is -0.362. The third-order valence-electron chi connectivity index (χ3n) is 2.61. The minimum atomic E-state index is -0.992. The van der Waals surface area contributed by atoms with Crippen LogP contribution in [0.15, 0.2) is 24.3 Å². The molecule has 0 spiro atoms. The van der Waals surface area contributed by atoms with E-state index >= 15 is 0 Å². The van der Waals surface area contributed by atoms with Crippen LogP contribution in [-0.2, 0) is 20.9 Å². The summed E-state index contributed by atoms with van der Waals surface area (Å²) in [6.45, 7) is 1.77. The van der Waals surface area contributed by atoms with Gasteiger partial charge >= 0.3 is 5.97 Å². The minimum absolute atomic E-state index is 0.474. The highest BCUT2D eigenvalue weighted by atomic mass is 16.5. The third kappa shape index (κ3) is 5.86. The Morgan fingerprint density at radius 3 is 2.75 bits per heavy atom. The van der Waals surface area contributed by atoms with Gasteiger partial charge in [0.25, 0.3) is 0 Å². The zero-order chi connectivity index (χ0) is 14.8. The number of ether oxygens (including phenoxy) is 3. The summed E-state index contributed by atoms with van der Waals surface area (Å²) in [5.41, 5.74) is 1.68. The highest BCUT2D eigenvalue weighted by molar-refractivity contribution is 5.85. The largest absolute Gasteiger partial charge is 0.496 e. The van der Waals surface area contributed by atoms with E-state index in [9.17, 15) is 4.79 Å². The van der Waals surface area contributed by atoms with Crippen molar-refractivity contribution in [1.29, 1.82) is 0 Å². The average molecular weight is 280 g/mol. The molecule has 1 aromatic rings. The van der Waals surface area contributed by atoms with E-state index in [1.54, 1.807) is 20.3 Å². The minimum Gasteiger partial charge on any atom is -0.496 e. The maximum Gasteiger partial charge on any atom is 0.328 e. The van der Waals surface area contributed by atoms with Gasteiger partial charge < -0.3 is 19.3 Å². The van der Waals surface area contributed by atoms with E-state index in [0.717, 1.165) is 18.1 Å². The molecule has 5 nitrogen and oxygen atoms in total. The molecule has 0 fully saturated rings. The number of rotatable bonds is 9. The smallest absolute Gasteiger partial charge is 0.328 e. The van der Waals surface area contributed by atoms with E-state index in [-0.39, 0.29) is 0 Å². The molecule has 1 N–H and O–H groups in total. The van der Waals surface area contributed by atoms with Crippen molar-refractivity contribution < 1.29 is 24.1 Å². The number of benzene rings is 1. The predicted octanol–water partition coefficient (Wildman–Crippen LogP) is 2.35. The summed E-state index contributed by atoms with van der Waals surface area (Å²) in [7, 11) is 3.21. The molecular weight excluding hydrogens is 260 g/mol. The summed E-state index contributed by atoms with van der Waals surface area (Å²) in [4.78, 5) is 10.6. The van der Waals surface area contributed by atoms with Gasteiger partial charge in [0.15, 0.2) is 0 Å². The molecule has 0 aliphatic rings. The average Bonchev–Trinajstić information content (AvgIpc) is 2.45. The lowest BCUT2D eigenvalue weighted by Gasteiger charge is -2.08. The first-order valence-corrected chi connectivity index (χ1v) is 6.32. The molecule has 20 heavy (non-hydrogen) atoms. The van der Waals surface area contributed by atoms with Crippen LogP contribution in [0, 0.1) is 0 Å². The van der Waals surface area contributed by atoms with Gasteiger partial charge in [0.2, 0.25) is 0 Å². The lowest BCUT2D eigenvalue weighted by atomic mass is 10.1. The Morgan fingerprint density at radius 1 is 1.30 bits per heavy atom. The fraction of sp³-hybridized carbons (Fsp3) is 0.400. The topological polar surface area (TPSA) is 65.0 Å². The molecule has 0 saturated carbocycles. The van der Waals surface area contributed by atoms with Crippen LogP contribution in [-0.4, -0.2) is 38.5 Å². The SMILES string of the molecule is COCCCOCc1ccc(OC)c(C=CC(=O)O)c1. The number of carbonyl (C=O) groups is 1. The maximum absolute atomic E-state index is 10.6. The molecule has 0 saturated heterocycles. The highest BCUT2D eigenvalue weighted by Gasteiger charge is 2.03. The van der Waals surface area contributed by atoms with Crippen molar-refractivity contribution in [2.24, 2.45) is 0 Å². The molecule has 0 bridgehead atoms. The van der Waals surface area contributed by atoms with Crippen molar-refractivity contribution >= 4 is 12.0 Å².